The van der Waals surface area contributed by atoms with Crippen molar-refractivity contribution in [1.29, 1.82) is 0 Å². The van der Waals surface area contributed by atoms with Crippen molar-refractivity contribution in [3.8, 4) is 0 Å². The highest BCUT2D eigenvalue weighted by Gasteiger charge is 2.24. The van der Waals surface area contributed by atoms with Gasteiger partial charge in [0.05, 0.1) is 17.6 Å². The molecule has 1 heterocycles. The Morgan fingerprint density at radius 3 is 2.69 bits per heavy atom. The van der Waals surface area contributed by atoms with Crippen LogP contribution in [0.3, 0.4) is 0 Å². The minimum absolute atomic E-state index is 0.559. The number of nitrogens with zero attached hydrogens (tertiary/aromatic N) is 2. The van der Waals surface area contributed by atoms with E-state index in [1.807, 2.05) is 20.0 Å². The molecule has 0 saturated heterocycles. The molecule has 3 nitrogen and oxygen atoms in total. The maximum atomic E-state index is 4.51. The monoisotopic (exact) mass is 219 g/mol. The quantitative estimate of drug-likeness (QED) is 0.827. The summed E-state index contributed by atoms with van der Waals surface area (Å²) < 4.78 is 0. The first-order valence-electron chi connectivity index (χ1n) is 6.25. The Labute approximate surface area is 97.7 Å². The van der Waals surface area contributed by atoms with Crippen LogP contribution in [0.5, 0.6) is 0 Å². The van der Waals surface area contributed by atoms with Crippen LogP contribution in [0.4, 0.5) is 5.82 Å². The Hall–Kier alpha value is -1.12. The maximum absolute atomic E-state index is 4.51. The molecule has 1 fully saturated rings. The van der Waals surface area contributed by atoms with Gasteiger partial charge >= 0.3 is 0 Å². The lowest BCUT2D eigenvalue weighted by molar-refractivity contribution is 0.584. The van der Waals surface area contributed by atoms with Crippen LogP contribution < -0.4 is 5.32 Å². The van der Waals surface area contributed by atoms with Gasteiger partial charge in [-0.3, -0.25) is 4.98 Å². The van der Waals surface area contributed by atoms with E-state index in [-0.39, 0.29) is 0 Å². The number of hydrogen-bond acceptors (Lipinski definition) is 3. The van der Waals surface area contributed by atoms with Crippen LogP contribution in [0.25, 0.3) is 0 Å². The predicted molar refractivity (Wildman–Crippen MR) is 66.5 cm³/mol. The van der Waals surface area contributed by atoms with Gasteiger partial charge in [0.25, 0.3) is 0 Å². The molecule has 2 rings (SSSR count). The number of aromatic nitrogens is 2. The fourth-order valence-electron chi connectivity index (χ4n) is 1.90. The van der Waals surface area contributed by atoms with E-state index in [0.29, 0.717) is 6.04 Å². The van der Waals surface area contributed by atoms with Gasteiger partial charge in [-0.05, 0) is 32.6 Å². The van der Waals surface area contributed by atoms with Crippen LogP contribution in [0.1, 0.15) is 44.0 Å². The second kappa shape index (κ2) is 4.81. The smallest absolute Gasteiger partial charge is 0.145 e. The Kier molecular flexibility index (Phi) is 3.42. The van der Waals surface area contributed by atoms with Crippen LogP contribution in [-0.4, -0.2) is 16.0 Å². The van der Waals surface area contributed by atoms with E-state index >= 15 is 0 Å². The summed E-state index contributed by atoms with van der Waals surface area (Å²) in [5.74, 6) is 1.88. The van der Waals surface area contributed by atoms with Crippen LogP contribution in [0.15, 0.2) is 6.20 Å². The number of aryl methyl sites for hydroxylation is 2. The van der Waals surface area contributed by atoms with Crippen LogP contribution >= 0.6 is 0 Å². The predicted octanol–water partition coefficient (Wildman–Crippen LogP) is 3.08. The minimum Gasteiger partial charge on any atom is -0.366 e. The first kappa shape index (κ1) is 11.4. The SMILES string of the molecule is CCC(CC1CC1)Nc1cnc(C)c(C)n1. The molecule has 0 aromatic carbocycles. The second-order valence-electron chi connectivity index (χ2n) is 4.85. The van der Waals surface area contributed by atoms with Crippen molar-refractivity contribution in [1.82, 2.24) is 9.97 Å². The van der Waals surface area contributed by atoms with Crippen LogP contribution in [0, 0.1) is 19.8 Å². The molecule has 1 aromatic heterocycles. The number of anilines is 1. The number of hydrogen-bond donors (Lipinski definition) is 1. The zero-order valence-electron chi connectivity index (χ0n) is 10.5. The fraction of sp³-hybridized carbons (Fsp3) is 0.692. The number of nitrogens with one attached hydrogen (secondary N) is 1. The normalized spacial score (nSPS) is 17.2. The third-order valence-corrected chi connectivity index (χ3v) is 3.35. The summed E-state index contributed by atoms with van der Waals surface area (Å²) in [6, 6.07) is 0.559. The molecule has 1 saturated carbocycles. The highest BCUT2D eigenvalue weighted by molar-refractivity contribution is 5.34. The Morgan fingerprint density at radius 1 is 1.38 bits per heavy atom. The highest BCUT2D eigenvalue weighted by atomic mass is 15.0. The van der Waals surface area contributed by atoms with Crippen molar-refractivity contribution in [2.24, 2.45) is 5.92 Å². The van der Waals surface area contributed by atoms with Crippen molar-refractivity contribution in [2.75, 3.05) is 5.32 Å². The summed E-state index contributed by atoms with van der Waals surface area (Å²) >= 11 is 0. The summed E-state index contributed by atoms with van der Waals surface area (Å²) in [4.78, 5) is 8.85. The third-order valence-electron chi connectivity index (χ3n) is 3.35. The summed E-state index contributed by atoms with van der Waals surface area (Å²) in [5, 5.41) is 3.49. The summed E-state index contributed by atoms with van der Waals surface area (Å²) in [6.07, 6.45) is 7.11. The van der Waals surface area contributed by atoms with E-state index < -0.39 is 0 Å². The molecule has 1 aliphatic rings. The first-order valence-corrected chi connectivity index (χ1v) is 6.25. The van der Waals surface area contributed by atoms with Gasteiger partial charge in [-0.15, -0.1) is 0 Å². The van der Waals surface area contributed by atoms with Gasteiger partial charge < -0.3 is 5.32 Å². The number of rotatable bonds is 5. The molecule has 1 unspecified atom stereocenters. The average Bonchev–Trinajstić information content (AvgIpc) is 3.06. The van der Waals surface area contributed by atoms with E-state index in [4.69, 9.17) is 0 Å². The molecule has 0 spiro atoms. The molecule has 1 aliphatic carbocycles. The van der Waals surface area contributed by atoms with Crippen molar-refractivity contribution in [3.63, 3.8) is 0 Å². The second-order valence-corrected chi connectivity index (χ2v) is 4.85. The van der Waals surface area contributed by atoms with Crippen molar-refractivity contribution in [3.05, 3.63) is 17.6 Å². The molecule has 1 atom stereocenters. The minimum atomic E-state index is 0.559. The van der Waals surface area contributed by atoms with Gasteiger partial charge in [0, 0.05) is 6.04 Å². The molecular weight excluding hydrogens is 198 g/mol. The zero-order chi connectivity index (χ0) is 11.5. The molecule has 1 N–H and O–H groups in total. The maximum Gasteiger partial charge on any atom is 0.145 e. The zero-order valence-corrected chi connectivity index (χ0v) is 10.5. The Balaban J connectivity index is 1.97. The lowest BCUT2D eigenvalue weighted by Crippen LogP contribution is -2.20. The fourth-order valence-corrected chi connectivity index (χ4v) is 1.90. The van der Waals surface area contributed by atoms with Crippen molar-refractivity contribution < 1.29 is 0 Å². The van der Waals surface area contributed by atoms with Gasteiger partial charge in [-0.25, -0.2) is 4.98 Å². The van der Waals surface area contributed by atoms with Crippen LogP contribution in [0.2, 0.25) is 0 Å². The molecule has 0 radical (unpaired) electrons. The molecule has 0 amide bonds. The lowest BCUT2D eigenvalue weighted by atomic mass is 10.1. The van der Waals surface area contributed by atoms with Crippen molar-refractivity contribution in [2.45, 2.75) is 52.5 Å². The molecule has 0 aliphatic heterocycles. The van der Waals surface area contributed by atoms with Gasteiger partial charge in [0.2, 0.25) is 0 Å². The summed E-state index contributed by atoms with van der Waals surface area (Å²) in [7, 11) is 0. The Bertz CT molecular complexity index is 358. The molecule has 16 heavy (non-hydrogen) atoms. The largest absolute Gasteiger partial charge is 0.366 e. The lowest BCUT2D eigenvalue weighted by Gasteiger charge is -2.17. The van der Waals surface area contributed by atoms with E-state index in [1.165, 1.54) is 19.3 Å². The summed E-state index contributed by atoms with van der Waals surface area (Å²) in [6.45, 7) is 6.23. The highest BCUT2D eigenvalue weighted by Crippen LogP contribution is 2.34. The van der Waals surface area contributed by atoms with Gasteiger partial charge in [0.15, 0.2) is 0 Å². The molecular formula is C13H21N3. The van der Waals surface area contributed by atoms with Gasteiger partial charge in [-0.1, -0.05) is 19.8 Å². The topological polar surface area (TPSA) is 37.8 Å². The first-order chi connectivity index (χ1) is 7.69. The molecule has 88 valence electrons. The van der Waals surface area contributed by atoms with Gasteiger partial charge in [-0.2, -0.15) is 0 Å². The summed E-state index contributed by atoms with van der Waals surface area (Å²) in [5.41, 5.74) is 2.03. The van der Waals surface area contributed by atoms with Crippen molar-refractivity contribution >= 4 is 5.82 Å². The average molecular weight is 219 g/mol. The van der Waals surface area contributed by atoms with E-state index in [0.717, 1.165) is 29.5 Å². The van der Waals surface area contributed by atoms with E-state index in [2.05, 4.69) is 22.2 Å². The van der Waals surface area contributed by atoms with Crippen LogP contribution in [-0.2, 0) is 0 Å². The van der Waals surface area contributed by atoms with E-state index in [9.17, 15) is 0 Å². The third kappa shape index (κ3) is 2.94. The van der Waals surface area contributed by atoms with E-state index in [1.54, 1.807) is 0 Å². The molecule has 3 heteroatoms. The van der Waals surface area contributed by atoms with Gasteiger partial charge in [0.1, 0.15) is 5.82 Å². The Morgan fingerprint density at radius 2 is 2.12 bits per heavy atom. The molecule has 1 aromatic rings. The molecule has 0 bridgehead atoms. The standard InChI is InChI=1S/C13H21N3/c1-4-12(7-11-5-6-11)16-13-8-14-9(2)10(3)15-13/h8,11-12H,4-7H2,1-3H3,(H,15,16).